The highest BCUT2D eigenvalue weighted by Crippen LogP contribution is 2.51. The number of likely N-dealkylation sites (tertiary alicyclic amines) is 1. The fourth-order valence-electron chi connectivity index (χ4n) is 6.93. The molecule has 1 N–H and O–H groups in total. The zero-order valence-corrected chi connectivity index (χ0v) is 26.5. The molecular weight excluding hydrogens is 558 g/mol. The molecule has 5 rings (SSSR count). The van der Waals surface area contributed by atoms with E-state index in [2.05, 4.69) is 29.9 Å². The summed E-state index contributed by atoms with van der Waals surface area (Å²) < 4.78 is 40.0. The predicted octanol–water partition coefficient (Wildman–Crippen LogP) is 4.84. The van der Waals surface area contributed by atoms with Gasteiger partial charge in [0.1, 0.15) is 12.4 Å². The van der Waals surface area contributed by atoms with Crippen molar-refractivity contribution in [3.63, 3.8) is 0 Å². The van der Waals surface area contributed by atoms with Gasteiger partial charge >= 0.3 is 0 Å². The maximum absolute atomic E-state index is 13.7. The number of carbonyl (C=O) groups is 1. The van der Waals surface area contributed by atoms with Gasteiger partial charge in [0.05, 0.1) is 24.2 Å². The zero-order chi connectivity index (χ0) is 29.3. The van der Waals surface area contributed by atoms with Crippen LogP contribution in [0.15, 0.2) is 34.5 Å². The molecule has 1 aliphatic heterocycles. The molecule has 1 aromatic heterocycles. The smallest absolute Gasteiger partial charge is 0.248 e. The van der Waals surface area contributed by atoms with Gasteiger partial charge < -0.3 is 19.7 Å². The highest BCUT2D eigenvalue weighted by molar-refractivity contribution is 7.89. The minimum absolute atomic E-state index is 0.00138. The molecule has 8 nitrogen and oxygen atoms in total. The van der Waals surface area contributed by atoms with Crippen LogP contribution in [-0.2, 0) is 25.1 Å². The molecule has 3 fully saturated rings. The number of amides is 1. The largest absolute Gasteiger partial charge is 0.497 e. The molecule has 3 aliphatic rings. The Morgan fingerprint density at radius 1 is 1.10 bits per heavy atom. The third-order valence-electron chi connectivity index (χ3n) is 9.68. The average molecular weight is 604 g/mol. The summed E-state index contributed by atoms with van der Waals surface area (Å²) in [6.07, 6.45) is 8.42. The van der Waals surface area contributed by atoms with Gasteiger partial charge in [0.2, 0.25) is 15.9 Å². The normalized spacial score (nSPS) is 20.5. The first-order valence-electron chi connectivity index (χ1n) is 14.9. The summed E-state index contributed by atoms with van der Waals surface area (Å²) >= 11 is 1.84. The van der Waals surface area contributed by atoms with E-state index < -0.39 is 10.0 Å². The molecular formula is C31H45N3O5S2. The van der Waals surface area contributed by atoms with Gasteiger partial charge in [-0.3, -0.25) is 4.79 Å². The summed E-state index contributed by atoms with van der Waals surface area (Å²) in [6.45, 7) is 5.58. The quantitative estimate of drug-likeness (QED) is 0.370. The van der Waals surface area contributed by atoms with E-state index in [9.17, 15) is 13.2 Å². The molecule has 10 heteroatoms. The second-order valence-corrected chi connectivity index (χ2v) is 15.0. The number of ether oxygens (including phenoxy) is 2. The van der Waals surface area contributed by atoms with Gasteiger partial charge in [-0.2, -0.15) is 4.31 Å². The lowest BCUT2D eigenvalue weighted by atomic mass is 9.63. The first-order valence-corrected chi connectivity index (χ1v) is 17.2. The molecule has 1 amide bonds. The number of hydrogen-bond donors (Lipinski definition) is 1. The minimum Gasteiger partial charge on any atom is -0.497 e. The van der Waals surface area contributed by atoms with Gasteiger partial charge in [-0.1, -0.05) is 6.07 Å². The maximum Gasteiger partial charge on any atom is 0.248 e. The van der Waals surface area contributed by atoms with E-state index in [0.29, 0.717) is 27.2 Å². The fourth-order valence-corrected chi connectivity index (χ4v) is 10.0. The van der Waals surface area contributed by atoms with E-state index in [1.807, 2.05) is 16.2 Å². The molecule has 0 bridgehead atoms. The number of methoxy groups -OCH3 is 1. The number of piperidine rings is 1. The monoisotopic (exact) mass is 603 g/mol. The summed E-state index contributed by atoms with van der Waals surface area (Å²) in [6, 6.07) is 7.91. The Balaban J connectivity index is 1.10. The van der Waals surface area contributed by atoms with Crippen LogP contribution >= 0.6 is 11.3 Å². The maximum atomic E-state index is 13.7. The molecule has 2 aromatic rings. The number of hydrogen-bond acceptors (Lipinski definition) is 7. The first-order chi connectivity index (χ1) is 19.6. The summed E-state index contributed by atoms with van der Waals surface area (Å²) in [4.78, 5) is 16.7. The Kier molecular flexibility index (Phi) is 9.16. The van der Waals surface area contributed by atoms with Gasteiger partial charge in [0, 0.05) is 30.6 Å². The number of nitrogens with one attached hydrogen (secondary N) is 1. The van der Waals surface area contributed by atoms with E-state index >= 15 is 0 Å². The molecule has 0 radical (unpaired) electrons. The van der Waals surface area contributed by atoms with Crippen molar-refractivity contribution in [3.8, 4) is 5.75 Å². The van der Waals surface area contributed by atoms with Crippen LogP contribution in [0.5, 0.6) is 5.75 Å². The Labute approximate surface area is 249 Å². The third kappa shape index (κ3) is 6.37. The number of thiophene rings is 1. The number of sulfonamides is 1. The van der Waals surface area contributed by atoms with Crippen LogP contribution < -0.4 is 10.1 Å². The zero-order valence-electron chi connectivity index (χ0n) is 24.9. The van der Waals surface area contributed by atoms with Crippen molar-refractivity contribution in [2.24, 2.45) is 5.41 Å². The standard InChI is InChI=1S/C31H45N3O5S2/c1-23-20-26(38-4)21-24(2)29(23)41(36,37)34(25-7-8-25)17-18-39-22-28(35)33-15-13-30(14-16-33)9-11-31(32-3,12-10-30)27-6-5-19-40-27/h5-6,19-21,25,32H,7-18,22H2,1-4H3. The van der Waals surface area contributed by atoms with Crippen molar-refractivity contribution >= 4 is 27.3 Å². The fraction of sp³-hybridized carbons (Fsp3) is 0.645. The van der Waals surface area contributed by atoms with Crippen LogP contribution in [0.25, 0.3) is 0 Å². The van der Waals surface area contributed by atoms with E-state index in [1.54, 1.807) is 37.4 Å². The van der Waals surface area contributed by atoms with Gasteiger partial charge in [0.25, 0.3) is 0 Å². The molecule has 0 atom stereocenters. The summed E-state index contributed by atoms with van der Waals surface area (Å²) in [7, 11) is -0.0253. The lowest BCUT2D eigenvalue weighted by molar-refractivity contribution is -0.139. The molecule has 41 heavy (non-hydrogen) atoms. The minimum atomic E-state index is -3.69. The lowest BCUT2D eigenvalue weighted by Crippen LogP contribution is -2.50. The van der Waals surface area contributed by atoms with E-state index in [4.69, 9.17) is 9.47 Å². The van der Waals surface area contributed by atoms with Crippen LogP contribution in [0.1, 0.15) is 67.4 Å². The van der Waals surface area contributed by atoms with Crippen molar-refractivity contribution in [1.82, 2.24) is 14.5 Å². The number of nitrogens with zero attached hydrogens (tertiary/aromatic N) is 2. The second-order valence-electron chi connectivity index (χ2n) is 12.2. The highest BCUT2D eigenvalue weighted by atomic mass is 32.2. The molecule has 1 aromatic carbocycles. The Bertz CT molecular complexity index is 1280. The summed E-state index contributed by atoms with van der Waals surface area (Å²) in [5.41, 5.74) is 1.76. The van der Waals surface area contributed by atoms with Crippen LogP contribution in [-0.4, -0.2) is 76.6 Å². The van der Waals surface area contributed by atoms with Crippen LogP contribution in [0, 0.1) is 19.3 Å². The Hall–Kier alpha value is -1.98. The molecule has 2 heterocycles. The molecule has 1 spiro atoms. The van der Waals surface area contributed by atoms with Crippen LogP contribution in [0.2, 0.25) is 0 Å². The van der Waals surface area contributed by atoms with Crippen molar-refractivity contribution in [2.75, 3.05) is 47.0 Å². The number of carbonyl (C=O) groups excluding carboxylic acids is 1. The number of rotatable bonds is 11. The third-order valence-corrected chi connectivity index (χ3v) is 13.0. The topological polar surface area (TPSA) is 88.2 Å². The summed E-state index contributed by atoms with van der Waals surface area (Å²) in [5, 5.41) is 5.79. The molecule has 1 saturated heterocycles. The SMILES string of the molecule is CNC1(c2cccs2)CCC2(CCN(C(=O)COCCN(C3CC3)S(=O)(=O)c3c(C)cc(OC)cc3C)CC2)CC1. The van der Waals surface area contributed by atoms with Crippen LogP contribution in [0.3, 0.4) is 0 Å². The highest BCUT2D eigenvalue weighted by Gasteiger charge is 2.45. The van der Waals surface area contributed by atoms with Crippen molar-refractivity contribution in [1.29, 1.82) is 0 Å². The average Bonchev–Trinajstić information content (AvgIpc) is 3.63. The van der Waals surface area contributed by atoms with E-state index in [-0.39, 0.29) is 37.2 Å². The van der Waals surface area contributed by atoms with Gasteiger partial charge in [0.15, 0.2) is 0 Å². The van der Waals surface area contributed by atoms with Gasteiger partial charge in [-0.05, 0) is 112 Å². The molecule has 2 saturated carbocycles. The van der Waals surface area contributed by atoms with E-state index in [1.165, 1.54) is 17.7 Å². The van der Waals surface area contributed by atoms with Crippen LogP contribution in [0.4, 0.5) is 0 Å². The number of aryl methyl sites for hydroxylation is 2. The van der Waals surface area contributed by atoms with Crippen molar-refractivity contribution in [3.05, 3.63) is 45.6 Å². The Morgan fingerprint density at radius 2 is 1.76 bits per heavy atom. The Morgan fingerprint density at radius 3 is 2.29 bits per heavy atom. The molecule has 226 valence electrons. The molecule has 0 unspecified atom stereocenters. The van der Waals surface area contributed by atoms with Gasteiger partial charge in [-0.25, -0.2) is 8.42 Å². The van der Waals surface area contributed by atoms with E-state index in [0.717, 1.165) is 51.6 Å². The van der Waals surface area contributed by atoms with Crippen molar-refractivity contribution in [2.45, 2.75) is 81.7 Å². The molecule has 2 aliphatic carbocycles. The van der Waals surface area contributed by atoms with Gasteiger partial charge in [-0.15, -0.1) is 11.3 Å². The number of benzene rings is 1. The van der Waals surface area contributed by atoms with Crippen molar-refractivity contribution < 1.29 is 22.7 Å². The summed E-state index contributed by atoms with van der Waals surface area (Å²) in [5.74, 6) is 0.650. The predicted molar refractivity (Wildman–Crippen MR) is 162 cm³/mol. The lowest BCUT2D eigenvalue weighted by Gasteiger charge is -2.49. The second kappa shape index (κ2) is 12.3. The first kappa shape index (κ1) is 30.5.